The number of carboxylic acid groups (broad SMARTS) is 1. The minimum absolute atomic E-state index is 0.0233. The predicted octanol–water partition coefficient (Wildman–Crippen LogP) is 1.36. The summed E-state index contributed by atoms with van der Waals surface area (Å²) < 4.78 is 5.39. The van der Waals surface area contributed by atoms with Crippen LogP contribution in [0, 0.1) is 0 Å². The predicted molar refractivity (Wildman–Crippen MR) is 139 cm³/mol. The van der Waals surface area contributed by atoms with Gasteiger partial charge in [-0.2, -0.15) is 0 Å². The highest BCUT2D eigenvalue weighted by molar-refractivity contribution is 5.92. The molecule has 0 bridgehead atoms. The van der Waals surface area contributed by atoms with Gasteiger partial charge in [0.1, 0.15) is 11.8 Å². The van der Waals surface area contributed by atoms with Gasteiger partial charge in [-0.3, -0.25) is 14.6 Å². The molecule has 1 aromatic heterocycles. The van der Waals surface area contributed by atoms with Crippen LogP contribution in [0.1, 0.15) is 45.4 Å². The summed E-state index contributed by atoms with van der Waals surface area (Å²) in [6.45, 7) is 2.90. The van der Waals surface area contributed by atoms with E-state index in [1.807, 2.05) is 24.3 Å². The quantitative estimate of drug-likeness (QED) is 0.185. The van der Waals surface area contributed by atoms with E-state index in [9.17, 15) is 19.5 Å². The molecule has 0 spiro atoms. The van der Waals surface area contributed by atoms with Gasteiger partial charge in [-0.05, 0) is 57.7 Å². The molecule has 0 aliphatic rings. The van der Waals surface area contributed by atoms with Gasteiger partial charge in [0.05, 0.1) is 24.4 Å². The number of benzene rings is 1. The van der Waals surface area contributed by atoms with Gasteiger partial charge >= 0.3 is 5.97 Å². The number of anilines is 1. The Morgan fingerprint density at radius 1 is 1.17 bits per heavy atom. The number of fused-ring (bicyclic) bond motifs is 1. The molecular formula is C25H38N6O5. The molecule has 1 aromatic carbocycles. The zero-order valence-electron chi connectivity index (χ0n) is 21.0. The van der Waals surface area contributed by atoms with E-state index >= 15 is 0 Å². The lowest BCUT2D eigenvalue weighted by atomic mass is 10.1. The number of methoxy groups -OCH3 is 1. The highest BCUT2D eigenvalue weighted by Gasteiger charge is 2.23. The number of nitrogens with one attached hydrogen (secondary N) is 3. The Bertz CT molecular complexity index is 1020. The number of hydrogen-bond donors (Lipinski definition) is 6. The van der Waals surface area contributed by atoms with Crippen LogP contribution in [0.5, 0.6) is 5.75 Å². The molecule has 11 nitrogen and oxygen atoms in total. The van der Waals surface area contributed by atoms with Crippen molar-refractivity contribution < 1.29 is 24.2 Å². The maximum absolute atomic E-state index is 12.2. The van der Waals surface area contributed by atoms with E-state index in [1.165, 1.54) is 0 Å². The number of hydrogen-bond acceptors (Lipinski definition) is 8. The van der Waals surface area contributed by atoms with Crippen molar-refractivity contribution in [2.45, 2.75) is 63.6 Å². The first kappa shape index (κ1) is 28.8. The summed E-state index contributed by atoms with van der Waals surface area (Å²) in [5.41, 5.74) is 12.9. The molecule has 0 saturated heterocycles. The first-order chi connectivity index (χ1) is 17.2. The highest BCUT2D eigenvalue weighted by atomic mass is 16.5. The van der Waals surface area contributed by atoms with Crippen LogP contribution in [-0.4, -0.2) is 66.2 Å². The average molecular weight is 503 g/mol. The van der Waals surface area contributed by atoms with Crippen molar-refractivity contribution in [2.75, 3.05) is 25.5 Å². The second-order valence-corrected chi connectivity index (χ2v) is 8.76. The maximum atomic E-state index is 12.2. The molecule has 36 heavy (non-hydrogen) atoms. The summed E-state index contributed by atoms with van der Waals surface area (Å²) in [4.78, 5) is 40.2. The number of aromatic nitrogens is 1. The van der Waals surface area contributed by atoms with E-state index in [1.54, 1.807) is 13.3 Å². The molecule has 2 aromatic rings. The second-order valence-electron chi connectivity index (χ2n) is 8.76. The molecule has 0 saturated carbocycles. The van der Waals surface area contributed by atoms with Crippen LogP contribution in [-0.2, 0) is 14.4 Å². The average Bonchev–Trinajstić information content (AvgIpc) is 2.87. The summed E-state index contributed by atoms with van der Waals surface area (Å²) in [7, 11) is 1.62. The van der Waals surface area contributed by atoms with Crippen molar-refractivity contribution in [3.63, 3.8) is 0 Å². The second kappa shape index (κ2) is 14.8. The van der Waals surface area contributed by atoms with Gasteiger partial charge in [0, 0.05) is 36.7 Å². The fourth-order valence-corrected chi connectivity index (χ4v) is 3.74. The van der Waals surface area contributed by atoms with Crippen LogP contribution in [0.3, 0.4) is 0 Å². The van der Waals surface area contributed by atoms with Crippen LogP contribution in [0.4, 0.5) is 5.69 Å². The van der Waals surface area contributed by atoms with E-state index in [-0.39, 0.29) is 24.8 Å². The first-order valence-electron chi connectivity index (χ1n) is 12.2. The normalized spacial score (nSPS) is 13.4. The van der Waals surface area contributed by atoms with Crippen molar-refractivity contribution in [3.05, 3.63) is 30.5 Å². The third-order valence-electron chi connectivity index (χ3n) is 5.78. The fraction of sp³-hybridized carbons (Fsp3) is 0.520. The zero-order chi connectivity index (χ0) is 26.5. The summed E-state index contributed by atoms with van der Waals surface area (Å²) in [5.74, 6) is -1.30. The minimum atomic E-state index is -1.21. The van der Waals surface area contributed by atoms with Crippen LogP contribution >= 0.6 is 0 Å². The Labute approximate surface area is 211 Å². The number of pyridine rings is 1. The largest absolute Gasteiger partial charge is 0.497 e. The first-order valence-corrected chi connectivity index (χ1v) is 12.2. The summed E-state index contributed by atoms with van der Waals surface area (Å²) in [6.07, 6.45) is 4.15. The van der Waals surface area contributed by atoms with Gasteiger partial charge in [-0.15, -0.1) is 0 Å². The van der Waals surface area contributed by atoms with E-state index in [2.05, 4.69) is 27.9 Å². The number of carboxylic acids is 1. The molecule has 11 heteroatoms. The molecule has 1 heterocycles. The number of nitrogens with two attached hydrogens (primary N) is 2. The molecule has 8 N–H and O–H groups in total. The number of ether oxygens (including phenoxy) is 1. The Hall–Kier alpha value is -3.44. The van der Waals surface area contributed by atoms with Crippen molar-refractivity contribution in [1.82, 2.24) is 15.6 Å². The van der Waals surface area contributed by atoms with Crippen molar-refractivity contribution in [2.24, 2.45) is 11.5 Å². The third-order valence-corrected chi connectivity index (χ3v) is 5.78. The molecular weight excluding hydrogens is 464 g/mol. The zero-order valence-corrected chi connectivity index (χ0v) is 21.0. The van der Waals surface area contributed by atoms with Crippen molar-refractivity contribution in [3.8, 4) is 5.75 Å². The van der Waals surface area contributed by atoms with Crippen LogP contribution < -0.4 is 32.2 Å². The molecule has 0 radical (unpaired) electrons. The highest BCUT2D eigenvalue weighted by Crippen LogP contribution is 2.28. The van der Waals surface area contributed by atoms with E-state index in [0.717, 1.165) is 35.2 Å². The Morgan fingerprint density at radius 3 is 2.64 bits per heavy atom. The van der Waals surface area contributed by atoms with Gasteiger partial charge in [0.15, 0.2) is 0 Å². The Morgan fingerprint density at radius 2 is 1.94 bits per heavy atom. The summed E-state index contributed by atoms with van der Waals surface area (Å²) >= 11 is 0. The van der Waals surface area contributed by atoms with E-state index in [4.69, 9.17) is 16.2 Å². The minimum Gasteiger partial charge on any atom is -0.497 e. The fourth-order valence-electron chi connectivity index (χ4n) is 3.74. The number of nitrogens with zero attached hydrogens (tertiary/aromatic N) is 1. The molecule has 198 valence electrons. The lowest BCUT2D eigenvalue weighted by Gasteiger charge is -2.18. The van der Waals surface area contributed by atoms with Gasteiger partial charge < -0.3 is 37.3 Å². The molecule has 2 amide bonds. The molecule has 2 rings (SSSR count). The Balaban J connectivity index is 1.74. The SMILES string of the molecule is COc1cc(NC(C)CCCNC(=O)CC[C@@H](NC(=O)[C@H](N)CCCN)C(=O)O)c2ncccc2c1. The molecule has 0 aliphatic carbocycles. The smallest absolute Gasteiger partial charge is 0.326 e. The van der Waals surface area contributed by atoms with E-state index in [0.29, 0.717) is 25.9 Å². The van der Waals surface area contributed by atoms with Gasteiger partial charge in [-0.1, -0.05) is 6.07 Å². The van der Waals surface area contributed by atoms with E-state index < -0.39 is 24.0 Å². The molecule has 3 atom stereocenters. The van der Waals surface area contributed by atoms with Crippen LogP contribution in [0.2, 0.25) is 0 Å². The van der Waals surface area contributed by atoms with Gasteiger partial charge in [0.25, 0.3) is 0 Å². The Kier molecular flexibility index (Phi) is 11.9. The molecule has 0 aliphatic heterocycles. The van der Waals surface area contributed by atoms with Crippen molar-refractivity contribution in [1.29, 1.82) is 0 Å². The standard InChI is InChI=1S/C25H38N6O5/c1-16(30-21-15-18(36-2)14-17-7-5-13-29-23(17)21)6-4-12-28-22(32)10-9-20(25(34)35)31-24(33)19(27)8-3-11-26/h5,7,13-16,19-20,30H,3-4,6,8-12,26-27H2,1-2H3,(H,28,32)(H,31,33)(H,34,35)/t16?,19-,20-/m1/s1. The van der Waals surface area contributed by atoms with Crippen LogP contribution in [0.25, 0.3) is 10.9 Å². The van der Waals surface area contributed by atoms with Gasteiger partial charge in [-0.25, -0.2) is 4.79 Å². The molecule has 0 fully saturated rings. The molecule has 1 unspecified atom stereocenters. The number of aliphatic carboxylic acids is 1. The topological polar surface area (TPSA) is 182 Å². The third kappa shape index (κ3) is 9.31. The number of carbonyl (C=O) groups is 3. The summed E-state index contributed by atoms with van der Waals surface area (Å²) in [5, 5.41) is 19.0. The van der Waals surface area contributed by atoms with Gasteiger partial charge in [0.2, 0.25) is 11.8 Å². The number of amides is 2. The lowest BCUT2D eigenvalue weighted by Crippen LogP contribution is -2.48. The lowest BCUT2D eigenvalue weighted by molar-refractivity contribution is -0.142. The number of carbonyl (C=O) groups excluding carboxylic acids is 2. The van der Waals surface area contributed by atoms with Crippen LogP contribution in [0.15, 0.2) is 30.5 Å². The summed E-state index contributed by atoms with van der Waals surface area (Å²) in [6, 6.07) is 5.82. The maximum Gasteiger partial charge on any atom is 0.326 e. The number of rotatable bonds is 16. The monoisotopic (exact) mass is 502 g/mol. The van der Waals surface area contributed by atoms with Crippen molar-refractivity contribution >= 4 is 34.4 Å².